The van der Waals surface area contributed by atoms with Gasteiger partial charge in [-0.1, -0.05) is 35.9 Å². The number of carbonyl (C=O) groups excluding carboxylic acids is 1. The first-order chi connectivity index (χ1) is 14.0. The van der Waals surface area contributed by atoms with E-state index in [1.807, 2.05) is 36.4 Å². The van der Waals surface area contributed by atoms with E-state index in [-0.39, 0.29) is 11.5 Å². The molecule has 0 saturated carbocycles. The van der Waals surface area contributed by atoms with E-state index in [9.17, 15) is 9.59 Å². The Morgan fingerprint density at radius 2 is 1.55 bits per heavy atom. The Labute approximate surface area is 177 Å². The van der Waals surface area contributed by atoms with Crippen molar-refractivity contribution < 1.29 is 14.7 Å². The highest BCUT2D eigenvalue weighted by Crippen LogP contribution is 2.24. The summed E-state index contributed by atoms with van der Waals surface area (Å²) in [5.41, 5.74) is 4.95. The molecule has 0 spiro atoms. The Kier molecular flexibility index (Phi) is 7.05. The summed E-state index contributed by atoms with van der Waals surface area (Å²) < 4.78 is 0. The predicted molar refractivity (Wildman–Crippen MR) is 116 cm³/mol. The maximum absolute atomic E-state index is 12.2. The first-order valence-corrected chi connectivity index (χ1v) is 10.0. The molecule has 7 heteroatoms. The SMILES string of the molecule is O=C(O)c1ccc(/C=N\NC(=O)c2ccc(CSc3ccc(Cl)cc3)cc2)cc1. The average molecular weight is 425 g/mol. The van der Waals surface area contributed by atoms with Gasteiger partial charge in [-0.05, 0) is 59.7 Å². The number of aromatic carboxylic acids is 1. The van der Waals surface area contributed by atoms with Gasteiger partial charge in [0, 0.05) is 21.2 Å². The summed E-state index contributed by atoms with van der Waals surface area (Å²) >= 11 is 7.58. The Morgan fingerprint density at radius 3 is 2.17 bits per heavy atom. The number of rotatable bonds is 7. The number of carboxylic acid groups (broad SMARTS) is 1. The smallest absolute Gasteiger partial charge is 0.335 e. The van der Waals surface area contributed by atoms with Gasteiger partial charge in [-0.15, -0.1) is 11.8 Å². The Morgan fingerprint density at radius 1 is 0.931 bits per heavy atom. The number of halogens is 1. The number of hydrogen-bond donors (Lipinski definition) is 2. The summed E-state index contributed by atoms with van der Waals surface area (Å²) in [6, 6.07) is 21.2. The van der Waals surface area contributed by atoms with Gasteiger partial charge >= 0.3 is 5.97 Å². The van der Waals surface area contributed by atoms with Crippen molar-refractivity contribution in [1.29, 1.82) is 0 Å². The van der Waals surface area contributed by atoms with Crippen molar-refractivity contribution in [3.63, 3.8) is 0 Å². The van der Waals surface area contributed by atoms with Crippen LogP contribution in [0.25, 0.3) is 0 Å². The summed E-state index contributed by atoms with van der Waals surface area (Å²) in [5.74, 6) is -0.522. The highest BCUT2D eigenvalue weighted by molar-refractivity contribution is 7.98. The molecule has 0 heterocycles. The van der Waals surface area contributed by atoms with Crippen LogP contribution in [0.3, 0.4) is 0 Å². The fourth-order valence-corrected chi connectivity index (χ4v) is 3.37. The van der Waals surface area contributed by atoms with Gasteiger partial charge in [0.15, 0.2) is 0 Å². The van der Waals surface area contributed by atoms with Crippen molar-refractivity contribution in [3.8, 4) is 0 Å². The van der Waals surface area contributed by atoms with Crippen LogP contribution in [-0.2, 0) is 5.75 Å². The number of hydrogen-bond acceptors (Lipinski definition) is 4. The molecule has 0 unspecified atom stereocenters. The Hall–Kier alpha value is -3.09. The third kappa shape index (κ3) is 6.20. The molecule has 3 aromatic carbocycles. The van der Waals surface area contributed by atoms with Crippen molar-refractivity contribution in [3.05, 3.63) is 100 Å². The van der Waals surface area contributed by atoms with Crippen LogP contribution >= 0.6 is 23.4 Å². The minimum Gasteiger partial charge on any atom is -0.478 e. The first kappa shape index (κ1) is 20.6. The lowest BCUT2D eigenvalue weighted by Crippen LogP contribution is -2.17. The first-order valence-electron chi connectivity index (χ1n) is 8.65. The number of benzene rings is 3. The van der Waals surface area contributed by atoms with Crippen molar-refractivity contribution in [2.45, 2.75) is 10.6 Å². The van der Waals surface area contributed by atoms with Crippen LogP contribution in [0.1, 0.15) is 31.8 Å². The molecule has 0 fully saturated rings. The summed E-state index contributed by atoms with van der Waals surface area (Å²) in [7, 11) is 0. The van der Waals surface area contributed by atoms with E-state index in [1.54, 1.807) is 36.0 Å². The minimum absolute atomic E-state index is 0.195. The molecule has 146 valence electrons. The number of nitrogens with zero attached hydrogens (tertiary/aromatic N) is 1. The summed E-state index contributed by atoms with van der Waals surface area (Å²) in [5, 5.41) is 13.5. The molecule has 0 aliphatic heterocycles. The van der Waals surface area contributed by atoms with E-state index in [2.05, 4.69) is 10.5 Å². The van der Waals surface area contributed by atoms with Crippen LogP contribution in [0.15, 0.2) is 82.8 Å². The standard InChI is InChI=1S/C22H17ClN2O3S/c23-19-9-11-20(12-10-19)29-14-16-3-5-17(6-4-16)21(26)25-24-13-15-1-7-18(8-2-15)22(27)28/h1-13H,14H2,(H,25,26)(H,27,28)/b24-13-. The van der Waals surface area contributed by atoms with Crippen molar-refractivity contribution in [2.75, 3.05) is 0 Å². The molecular weight excluding hydrogens is 408 g/mol. The maximum atomic E-state index is 12.2. The summed E-state index contributed by atoms with van der Waals surface area (Å²) in [6.45, 7) is 0. The number of hydrazone groups is 1. The zero-order valence-electron chi connectivity index (χ0n) is 15.2. The zero-order valence-corrected chi connectivity index (χ0v) is 16.8. The molecule has 29 heavy (non-hydrogen) atoms. The van der Waals surface area contributed by atoms with Crippen molar-refractivity contribution in [1.82, 2.24) is 5.43 Å². The molecule has 1 amide bonds. The number of thioether (sulfide) groups is 1. The van der Waals surface area contributed by atoms with Crippen LogP contribution in [0.4, 0.5) is 0 Å². The molecular formula is C22H17ClN2O3S. The number of nitrogens with one attached hydrogen (secondary N) is 1. The van der Waals surface area contributed by atoms with E-state index in [1.165, 1.54) is 18.3 Å². The number of amides is 1. The summed E-state index contributed by atoms with van der Waals surface area (Å²) in [6.07, 6.45) is 1.46. The van der Waals surface area contributed by atoms with Gasteiger partial charge in [0.05, 0.1) is 11.8 Å². The fourth-order valence-electron chi connectivity index (χ4n) is 2.39. The average Bonchev–Trinajstić information content (AvgIpc) is 2.74. The second-order valence-electron chi connectivity index (χ2n) is 6.07. The minimum atomic E-state index is -0.989. The van der Waals surface area contributed by atoms with Gasteiger partial charge in [0.25, 0.3) is 5.91 Å². The van der Waals surface area contributed by atoms with E-state index in [0.29, 0.717) is 16.1 Å². The largest absolute Gasteiger partial charge is 0.478 e. The van der Waals surface area contributed by atoms with E-state index in [0.717, 1.165) is 16.2 Å². The molecule has 0 atom stereocenters. The molecule has 0 saturated heterocycles. The van der Waals surface area contributed by atoms with Crippen LogP contribution < -0.4 is 5.43 Å². The fraction of sp³-hybridized carbons (Fsp3) is 0.0455. The molecule has 0 aromatic heterocycles. The van der Waals surface area contributed by atoms with E-state index < -0.39 is 5.97 Å². The molecule has 5 nitrogen and oxygen atoms in total. The third-order valence-corrected chi connectivity index (χ3v) is 5.31. The monoisotopic (exact) mass is 424 g/mol. The Bertz CT molecular complexity index is 1020. The predicted octanol–water partition coefficient (Wildman–Crippen LogP) is 5.09. The van der Waals surface area contributed by atoms with Gasteiger partial charge < -0.3 is 5.11 Å². The van der Waals surface area contributed by atoms with Gasteiger partial charge in [0.2, 0.25) is 0 Å². The van der Waals surface area contributed by atoms with Crippen LogP contribution in [0.5, 0.6) is 0 Å². The molecule has 0 aliphatic carbocycles. The molecule has 0 aliphatic rings. The Balaban J connectivity index is 1.51. The lowest BCUT2D eigenvalue weighted by molar-refractivity contribution is 0.0696. The second kappa shape index (κ2) is 9.91. The molecule has 0 bridgehead atoms. The lowest BCUT2D eigenvalue weighted by atomic mass is 10.1. The topological polar surface area (TPSA) is 78.8 Å². The van der Waals surface area contributed by atoms with E-state index in [4.69, 9.17) is 16.7 Å². The third-order valence-electron chi connectivity index (χ3n) is 3.97. The van der Waals surface area contributed by atoms with Crippen LogP contribution in [-0.4, -0.2) is 23.2 Å². The highest BCUT2D eigenvalue weighted by atomic mass is 35.5. The van der Waals surface area contributed by atoms with Gasteiger partial charge in [-0.2, -0.15) is 5.10 Å². The van der Waals surface area contributed by atoms with Crippen molar-refractivity contribution >= 4 is 41.5 Å². The number of carbonyl (C=O) groups is 2. The highest BCUT2D eigenvalue weighted by Gasteiger charge is 2.05. The van der Waals surface area contributed by atoms with Gasteiger partial charge in [-0.25, -0.2) is 10.2 Å². The lowest BCUT2D eigenvalue weighted by Gasteiger charge is -2.04. The maximum Gasteiger partial charge on any atom is 0.335 e. The molecule has 3 rings (SSSR count). The normalized spacial score (nSPS) is 10.8. The molecule has 0 radical (unpaired) electrons. The number of carboxylic acids is 1. The van der Waals surface area contributed by atoms with Crippen LogP contribution in [0.2, 0.25) is 5.02 Å². The van der Waals surface area contributed by atoms with Crippen LogP contribution in [0, 0.1) is 0 Å². The van der Waals surface area contributed by atoms with Gasteiger partial charge in [0.1, 0.15) is 0 Å². The molecule has 3 aromatic rings. The summed E-state index contributed by atoms with van der Waals surface area (Å²) in [4.78, 5) is 24.1. The zero-order chi connectivity index (χ0) is 20.6. The van der Waals surface area contributed by atoms with Crippen molar-refractivity contribution in [2.24, 2.45) is 5.10 Å². The quantitative estimate of drug-likeness (QED) is 0.314. The van der Waals surface area contributed by atoms with Gasteiger partial charge in [-0.3, -0.25) is 4.79 Å². The van der Waals surface area contributed by atoms with E-state index >= 15 is 0 Å². The molecule has 2 N–H and O–H groups in total. The second-order valence-corrected chi connectivity index (χ2v) is 7.55.